The molecule has 0 aliphatic rings. The van der Waals surface area contributed by atoms with Crippen LogP contribution < -0.4 is 5.50 Å². The molecule has 0 saturated carbocycles. The molecule has 0 aliphatic carbocycles. The molecule has 0 unspecified atom stereocenters. The molecule has 0 N–H and O–H groups in total. The van der Waals surface area contributed by atoms with Crippen molar-refractivity contribution < 1.29 is 8.98 Å². The Morgan fingerprint density at radius 3 is 2.37 bits per heavy atom. The average molecular weight is 272 g/mol. The van der Waals surface area contributed by atoms with E-state index in [1.807, 2.05) is 44.2 Å². The molecule has 0 spiro atoms. The quantitative estimate of drug-likeness (QED) is 0.606. The molecule has 1 aromatic carbocycles. The first-order chi connectivity index (χ1) is 9.10. The molecule has 2 aromatic rings. The van der Waals surface area contributed by atoms with E-state index in [0.717, 1.165) is 5.56 Å². The minimum Gasteiger partial charge on any atom is -0.461 e. The minimum atomic E-state index is -2.85. The van der Waals surface area contributed by atoms with Crippen molar-refractivity contribution in [2.45, 2.75) is 19.5 Å². The first-order valence-electron chi connectivity index (χ1n) is 6.20. The lowest BCUT2D eigenvalue weighted by atomic mass is 10.2. The Balaban J connectivity index is 2.64. The maximum absolute atomic E-state index is 13.5. The van der Waals surface area contributed by atoms with Crippen LogP contribution in [0, 0.1) is 0 Å². The zero-order valence-electron chi connectivity index (χ0n) is 11.2. The van der Waals surface area contributed by atoms with Crippen LogP contribution in [-0.4, -0.2) is 5.66 Å². The van der Waals surface area contributed by atoms with E-state index in [1.54, 1.807) is 18.4 Å². The van der Waals surface area contributed by atoms with Crippen molar-refractivity contribution in [3.8, 4) is 0 Å². The molecule has 0 bridgehead atoms. The first kappa shape index (κ1) is 13.7. The standard InChI is InChI=1S/C16H17O2P/c1-4-15(14-9-6-5-7-10-14)19(17,13(2)3)16-11-8-12-18-16/h5-13H,1H2,2-3H3/t19-/m1/s1. The molecule has 0 amide bonds. The van der Waals surface area contributed by atoms with Crippen LogP contribution >= 0.6 is 7.14 Å². The third-order valence-electron chi connectivity index (χ3n) is 3.11. The Bertz CT molecular complexity index is 633. The van der Waals surface area contributed by atoms with Gasteiger partial charge in [0, 0.05) is 5.66 Å². The van der Waals surface area contributed by atoms with Gasteiger partial charge in [0.25, 0.3) is 0 Å². The van der Waals surface area contributed by atoms with Crippen LogP contribution in [0.1, 0.15) is 19.4 Å². The van der Waals surface area contributed by atoms with Gasteiger partial charge in [-0.25, -0.2) is 0 Å². The normalized spacial score (nSPS) is 13.8. The fourth-order valence-corrected chi connectivity index (χ4v) is 4.63. The van der Waals surface area contributed by atoms with E-state index in [0.29, 0.717) is 10.8 Å². The van der Waals surface area contributed by atoms with Crippen molar-refractivity contribution in [2.24, 2.45) is 0 Å². The third-order valence-corrected chi connectivity index (χ3v) is 6.55. The molecule has 0 saturated heterocycles. The monoisotopic (exact) mass is 272 g/mol. The molecule has 1 aromatic heterocycles. The van der Waals surface area contributed by atoms with Crippen molar-refractivity contribution in [3.05, 3.63) is 66.6 Å². The predicted molar refractivity (Wildman–Crippen MR) is 80.1 cm³/mol. The van der Waals surface area contributed by atoms with Crippen molar-refractivity contribution in [1.29, 1.82) is 0 Å². The summed E-state index contributed by atoms with van der Waals surface area (Å²) >= 11 is 0. The maximum atomic E-state index is 13.5. The summed E-state index contributed by atoms with van der Waals surface area (Å²) in [6, 6.07) is 13.1. The molecule has 19 heavy (non-hydrogen) atoms. The second kappa shape index (κ2) is 5.48. The Hall–Kier alpha value is -1.75. The highest BCUT2D eigenvalue weighted by Gasteiger charge is 2.36. The molecule has 98 valence electrons. The van der Waals surface area contributed by atoms with Crippen molar-refractivity contribution >= 4 is 18.0 Å². The molecular formula is C16H17O2P. The molecule has 0 fully saturated rings. The Kier molecular flexibility index (Phi) is 3.95. The minimum absolute atomic E-state index is 0.0666. The van der Waals surface area contributed by atoms with E-state index in [9.17, 15) is 4.57 Å². The van der Waals surface area contributed by atoms with Gasteiger partial charge in [-0.05, 0) is 17.7 Å². The van der Waals surface area contributed by atoms with Crippen LogP contribution in [0.15, 0.2) is 65.5 Å². The fourth-order valence-electron chi connectivity index (χ4n) is 2.09. The topological polar surface area (TPSA) is 30.2 Å². The number of benzene rings is 1. The molecule has 0 radical (unpaired) electrons. The summed E-state index contributed by atoms with van der Waals surface area (Å²) in [6.45, 7) is 7.59. The van der Waals surface area contributed by atoms with Gasteiger partial charge in [0.2, 0.25) is 0 Å². The van der Waals surface area contributed by atoms with E-state index in [4.69, 9.17) is 4.42 Å². The van der Waals surface area contributed by atoms with Gasteiger partial charge in [0.15, 0.2) is 12.6 Å². The predicted octanol–water partition coefficient (Wildman–Crippen LogP) is 4.50. The molecule has 0 aliphatic heterocycles. The summed E-state index contributed by atoms with van der Waals surface area (Å²) in [5, 5.41) is 0.637. The number of hydrogen-bond donors (Lipinski definition) is 0. The highest BCUT2D eigenvalue weighted by atomic mass is 31.2. The number of rotatable bonds is 4. The molecular weight excluding hydrogens is 255 g/mol. The lowest BCUT2D eigenvalue weighted by Crippen LogP contribution is -2.12. The zero-order valence-corrected chi connectivity index (χ0v) is 12.1. The van der Waals surface area contributed by atoms with Gasteiger partial charge in [-0.15, -0.1) is 5.73 Å². The fraction of sp³-hybridized carbons (Fsp3) is 0.188. The van der Waals surface area contributed by atoms with Gasteiger partial charge in [-0.3, -0.25) is 0 Å². The summed E-state index contributed by atoms with van der Waals surface area (Å²) in [7, 11) is -2.85. The van der Waals surface area contributed by atoms with Crippen molar-refractivity contribution in [3.63, 3.8) is 0 Å². The molecule has 1 atom stereocenters. The lowest BCUT2D eigenvalue weighted by molar-refractivity contribution is 0.558. The van der Waals surface area contributed by atoms with Crippen LogP contribution in [0.5, 0.6) is 0 Å². The summed E-state index contributed by atoms with van der Waals surface area (Å²) in [6.07, 6.45) is 1.55. The lowest BCUT2D eigenvalue weighted by Gasteiger charge is -2.21. The van der Waals surface area contributed by atoms with E-state index >= 15 is 0 Å². The Morgan fingerprint density at radius 1 is 1.21 bits per heavy atom. The summed E-state index contributed by atoms with van der Waals surface area (Å²) in [5.74, 6) is 0. The summed E-state index contributed by atoms with van der Waals surface area (Å²) < 4.78 is 18.9. The van der Waals surface area contributed by atoms with E-state index in [1.165, 1.54) is 0 Å². The summed E-state index contributed by atoms with van der Waals surface area (Å²) in [5.41, 5.74) is 4.20. The molecule has 1 heterocycles. The Morgan fingerprint density at radius 2 is 1.89 bits per heavy atom. The Labute approximate surface area is 113 Å². The van der Waals surface area contributed by atoms with Gasteiger partial charge < -0.3 is 8.98 Å². The van der Waals surface area contributed by atoms with Gasteiger partial charge in [-0.1, -0.05) is 50.8 Å². The van der Waals surface area contributed by atoms with Gasteiger partial charge in [0.1, 0.15) is 0 Å². The molecule has 2 nitrogen and oxygen atoms in total. The molecule has 3 heteroatoms. The van der Waals surface area contributed by atoms with Crippen LogP contribution in [0.25, 0.3) is 5.31 Å². The summed E-state index contributed by atoms with van der Waals surface area (Å²) in [4.78, 5) is 0. The largest absolute Gasteiger partial charge is 0.461 e. The van der Waals surface area contributed by atoms with Crippen molar-refractivity contribution in [2.75, 3.05) is 0 Å². The number of hydrogen-bond acceptors (Lipinski definition) is 2. The van der Waals surface area contributed by atoms with Gasteiger partial charge >= 0.3 is 0 Å². The van der Waals surface area contributed by atoms with Crippen molar-refractivity contribution in [1.82, 2.24) is 0 Å². The maximum Gasteiger partial charge on any atom is 0.187 e. The van der Waals surface area contributed by atoms with E-state index < -0.39 is 7.14 Å². The highest BCUT2D eigenvalue weighted by Crippen LogP contribution is 2.60. The third kappa shape index (κ3) is 2.38. The number of furan rings is 1. The van der Waals surface area contributed by atoms with Crippen LogP contribution in [0.3, 0.4) is 0 Å². The average Bonchev–Trinajstić information content (AvgIpc) is 2.94. The second-order valence-corrected chi connectivity index (χ2v) is 7.83. The van der Waals surface area contributed by atoms with Crippen LogP contribution in [0.2, 0.25) is 0 Å². The molecule has 2 rings (SSSR count). The first-order valence-corrected chi connectivity index (χ1v) is 7.98. The van der Waals surface area contributed by atoms with Gasteiger partial charge in [-0.2, -0.15) is 0 Å². The zero-order chi connectivity index (χ0) is 13.9. The van der Waals surface area contributed by atoms with Gasteiger partial charge in [0.05, 0.1) is 11.6 Å². The smallest absolute Gasteiger partial charge is 0.187 e. The van der Waals surface area contributed by atoms with Crippen LogP contribution in [0.4, 0.5) is 0 Å². The SMILES string of the molecule is C=C=C(c1ccccc1)[P@@](=O)(c1ccco1)C(C)C. The van der Waals surface area contributed by atoms with E-state index in [2.05, 4.69) is 12.3 Å². The second-order valence-electron chi connectivity index (χ2n) is 4.59. The van der Waals surface area contributed by atoms with Crippen LogP contribution in [-0.2, 0) is 4.57 Å². The highest BCUT2D eigenvalue weighted by molar-refractivity contribution is 7.81. The van der Waals surface area contributed by atoms with E-state index in [-0.39, 0.29) is 5.66 Å².